The first kappa shape index (κ1) is 19.3. The summed E-state index contributed by atoms with van der Waals surface area (Å²) in [5.74, 6) is 1.36. The Bertz CT molecular complexity index is 696. The second-order valence-electron chi connectivity index (χ2n) is 7.42. The Morgan fingerprint density at radius 1 is 1.19 bits per heavy atom. The zero-order valence-corrected chi connectivity index (χ0v) is 16.2. The fourth-order valence-corrected chi connectivity index (χ4v) is 3.35. The predicted octanol–water partition coefficient (Wildman–Crippen LogP) is 2.47. The lowest BCUT2D eigenvalue weighted by molar-refractivity contribution is -0.126. The molecule has 0 atom stereocenters. The summed E-state index contributed by atoms with van der Waals surface area (Å²) in [5.41, 5.74) is 0.182. The van der Waals surface area contributed by atoms with Gasteiger partial charge in [-0.2, -0.15) is 0 Å². The van der Waals surface area contributed by atoms with Crippen LogP contribution in [0.1, 0.15) is 39.2 Å². The van der Waals surface area contributed by atoms with Crippen molar-refractivity contribution in [2.75, 3.05) is 32.9 Å². The summed E-state index contributed by atoms with van der Waals surface area (Å²) in [6.45, 7) is 8.22. The highest BCUT2D eigenvalue weighted by Gasteiger charge is 2.33. The minimum absolute atomic E-state index is 0.0336. The molecule has 2 amide bonds. The van der Waals surface area contributed by atoms with Gasteiger partial charge in [0, 0.05) is 19.1 Å². The van der Waals surface area contributed by atoms with Crippen molar-refractivity contribution in [3.8, 4) is 11.5 Å². The first-order valence-electron chi connectivity index (χ1n) is 9.54. The van der Waals surface area contributed by atoms with Crippen LogP contribution < -0.4 is 14.8 Å². The number of nitrogens with zero attached hydrogens (tertiary/aromatic N) is 1. The van der Waals surface area contributed by atoms with Gasteiger partial charge < -0.3 is 24.4 Å². The molecule has 2 aliphatic rings. The third-order valence-corrected chi connectivity index (χ3v) is 5.19. The van der Waals surface area contributed by atoms with Gasteiger partial charge >= 0.3 is 6.09 Å². The molecule has 7 heteroatoms. The summed E-state index contributed by atoms with van der Waals surface area (Å²) < 4.78 is 16.2. The van der Waals surface area contributed by atoms with Gasteiger partial charge in [-0.3, -0.25) is 4.79 Å². The number of nitrogens with one attached hydrogen (secondary N) is 1. The van der Waals surface area contributed by atoms with E-state index in [2.05, 4.69) is 5.32 Å². The predicted molar refractivity (Wildman–Crippen MR) is 100 cm³/mol. The Morgan fingerprint density at radius 3 is 2.52 bits per heavy atom. The number of ether oxygens (including phenoxy) is 3. The van der Waals surface area contributed by atoms with Crippen molar-refractivity contribution in [1.29, 1.82) is 0 Å². The van der Waals surface area contributed by atoms with Gasteiger partial charge in [0.1, 0.15) is 13.2 Å². The maximum Gasteiger partial charge on any atom is 0.409 e. The minimum Gasteiger partial charge on any atom is -0.486 e. The van der Waals surface area contributed by atoms with Gasteiger partial charge in [-0.25, -0.2) is 4.79 Å². The zero-order chi connectivity index (χ0) is 19.4. The summed E-state index contributed by atoms with van der Waals surface area (Å²) in [5, 5.41) is 3.14. The van der Waals surface area contributed by atoms with E-state index in [1.54, 1.807) is 11.8 Å². The van der Waals surface area contributed by atoms with E-state index >= 15 is 0 Å². The van der Waals surface area contributed by atoms with Crippen LogP contribution in [0.2, 0.25) is 0 Å². The normalized spacial score (nSPS) is 17.4. The molecular weight excluding hydrogens is 348 g/mol. The molecule has 0 saturated carbocycles. The van der Waals surface area contributed by atoms with Gasteiger partial charge in [0.25, 0.3) is 0 Å². The average Bonchev–Trinajstić information content (AvgIpc) is 2.68. The van der Waals surface area contributed by atoms with Crippen molar-refractivity contribution in [3.63, 3.8) is 0 Å². The highest BCUT2D eigenvalue weighted by molar-refractivity contribution is 5.87. The average molecular weight is 376 g/mol. The Morgan fingerprint density at radius 2 is 1.85 bits per heavy atom. The van der Waals surface area contributed by atoms with Crippen LogP contribution >= 0.6 is 0 Å². The molecule has 0 aromatic heterocycles. The number of carbonyl (C=O) groups excluding carboxylic acids is 2. The van der Waals surface area contributed by atoms with E-state index in [0.717, 1.165) is 18.4 Å². The van der Waals surface area contributed by atoms with E-state index in [4.69, 9.17) is 14.2 Å². The maximum atomic E-state index is 12.9. The molecule has 2 aliphatic heterocycles. The highest BCUT2D eigenvalue weighted by Crippen LogP contribution is 2.35. The Hall–Kier alpha value is -2.44. The van der Waals surface area contributed by atoms with Crippen LogP contribution in [-0.2, 0) is 14.9 Å². The summed E-state index contributed by atoms with van der Waals surface area (Å²) in [6.07, 6.45) is 1.17. The van der Waals surface area contributed by atoms with E-state index < -0.39 is 5.41 Å². The quantitative estimate of drug-likeness (QED) is 0.874. The Balaban J connectivity index is 1.60. The van der Waals surface area contributed by atoms with E-state index in [1.807, 2.05) is 32.0 Å². The SMILES string of the molecule is CCOC(=O)N1CCC(NC(=O)C(C)(C)c2ccc3c(c2)OCCO3)CC1. The highest BCUT2D eigenvalue weighted by atomic mass is 16.6. The first-order valence-corrected chi connectivity index (χ1v) is 9.54. The van der Waals surface area contributed by atoms with Crippen LogP contribution in [0.3, 0.4) is 0 Å². The molecule has 27 heavy (non-hydrogen) atoms. The van der Waals surface area contributed by atoms with E-state index in [0.29, 0.717) is 44.4 Å². The number of piperidine rings is 1. The molecular formula is C20H28N2O5. The fraction of sp³-hybridized carbons (Fsp3) is 0.600. The summed E-state index contributed by atoms with van der Waals surface area (Å²) in [7, 11) is 0. The van der Waals surface area contributed by atoms with Crippen molar-refractivity contribution in [1.82, 2.24) is 10.2 Å². The van der Waals surface area contributed by atoms with Crippen LogP contribution in [0.15, 0.2) is 18.2 Å². The van der Waals surface area contributed by atoms with Crippen LogP contribution in [0.5, 0.6) is 11.5 Å². The molecule has 2 heterocycles. The lowest BCUT2D eigenvalue weighted by Crippen LogP contribution is -2.50. The van der Waals surface area contributed by atoms with Crippen LogP contribution in [0.4, 0.5) is 4.79 Å². The van der Waals surface area contributed by atoms with Crippen molar-refractivity contribution < 1.29 is 23.8 Å². The molecule has 0 aliphatic carbocycles. The molecule has 0 bridgehead atoms. The second kappa shape index (κ2) is 8.06. The first-order chi connectivity index (χ1) is 12.9. The van der Waals surface area contributed by atoms with Gasteiger partial charge in [0.2, 0.25) is 5.91 Å². The van der Waals surface area contributed by atoms with Gasteiger partial charge in [-0.15, -0.1) is 0 Å². The number of benzene rings is 1. The molecule has 1 saturated heterocycles. The fourth-order valence-electron chi connectivity index (χ4n) is 3.35. The van der Waals surface area contributed by atoms with Crippen molar-refractivity contribution in [2.24, 2.45) is 0 Å². The summed E-state index contributed by atoms with van der Waals surface area (Å²) >= 11 is 0. The number of likely N-dealkylation sites (tertiary alicyclic amines) is 1. The van der Waals surface area contributed by atoms with Gasteiger partial charge in [-0.1, -0.05) is 6.07 Å². The molecule has 1 aromatic rings. The van der Waals surface area contributed by atoms with Crippen molar-refractivity contribution >= 4 is 12.0 Å². The lowest BCUT2D eigenvalue weighted by atomic mass is 9.83. The van der Waals surface area contributed by atoms with E-state index in [1.165, 1.54) is 0 Å². The third-order valence-electron chi connectivity index (χ3n) is 5.19. The monoisotopic (exact) mass is 376 g/mol. The molecule has 0 spiro atoms. The molecule has 148 valence electrons. The maximum absolute atomic E-state index is 12.9. The van der Waals surface area contributed by atoms with Crippen molar-refractivity contribution in [2.45, 2.75) is 45.1 Å². The van der Waals surface area contributed by atoms with Crippen LogP contribution in [0, 0.1) is 0 Å². The number of fused-ring (bicyclic) bond motifs is 1. The minimum atomic E-state index is -0.700. The summed E-state index contributed by atoms with van der Waals surface area (Å²) in [6, 6.07) is 5.71. The molecule has 0 radical (unpaired) electrons. The van der Waals surface area contributed by atoms with E-state index in [9.17, 15) is 9.59 Å². The molecule has 1 fully saturated rings. The van der Waals surface area contributed by atoms with E-state index in [-0.39, 0.29) is 18.0 Å². The van der Waals surface area contributed by atoms with Gasteiger partial charge in [0.05, 0.1) is 12.0 Å². The molecule has 1 aromatic carbocycles. The number of hydrogen-bond donors (Lipinski definition) is 1. The summed E-state index contributed by atoms with van der Waals surface area (Å²) in [4.78, 5) is 26.4. The smallest absolute Gasteiger partial charge is 0.409 e. The molecule has 3 rings (SSSR count). The van der Waals surface area contributed by atoms with Crippen molar-refractivity contribution in [3.05, 3.63) is 23.8 Å². The number of amides is 2. The largest absolute Gasteiger partial charge is 0.486 e. The topological polar surface area (TPSA) is 77.1 Å². The molecule has 1 N–H and O–H groups in total. The standard InChI is InChI=1S/C20H28N2O5/c1-4-25-19(24)22-9-7-15(8-10-22)21-18(23)20(2,3)14-5-6-16-17(13-14)27-12-11-26-16/h5-6,13,15H,4,7-12H2,1-3H3,(H,21,23). The Labute approximate surface area is 160 Å². The number of rotatable bonds is 4. The Kier molecular flexibility index (Phi) is 5.77. The number of carbonyl (C=O) groups is 2. The van der Waals surface area contributed by atoms with Crippen LogP contribution in [-0.4, -0.2) is 55.9 Å². The third kappa shape index (κ3) is 4.28. The molecule has 0 unspecified atom stereocenters. The lowest BCUT2D eigenvalue weighted by Gasteiger charge is -2.34. The zero-order valence-electron chi connectivity index (χ0n) is 16.2. The second-order valence-corrected chi connectivity index (χ2v) is 7.42. The van der Waals surface area contributed by atoms with Gasteiger partial charge in [-0.05, 0) is 51.3 Å². The molecule has 7 nitrogen and oxygen atoms in total. The van der Waals surface area contributed by atoms with Gasteiger partial charge in [0.15, 0.2) is 11.5 Å². The van der Waals surface area contributed by atoms with Crippen LogP contribution in [0.25, 0.3) is 0 Å². The number of hydrogen-bond acceptors (Lipinski definition) is 5.